The fourth-order valence-electron chi connectivity index (χ4n) is 3.15. The van der Waals surface area contributed by atoms with Crippen LogP contribution >= 0.6 is 11.6 Å². The fourth-order valence-corrected chi connectivity index (χ4v) is 3.35. The van der Waals surface area contributed by atoms with E-state index in [2.05, 4.69) is 29.0 Å². The third-order valence-corrected chi connectivity index (χ3v) is 4.82. The van der Waals surface area contributed by atoms with Gasteiger partial charge in [0.15, 0.2) is 5.96 Å². The maximum atomic E-state index is 6.10. The Balaban J connectivity index is 1.94. The molecule has 1 fully saturated rings. The Kier molecular flexibility index (Phi) is 8.95. The summed E-state index contributed by atoms with van der Waals surface area (Å²) in [4.78, 5) is 7.16. The SMILES string of the molecule is C=CCN1CCC(NC(=NCC(OC)c2cccc(Cl)c2)NCC)CC1. The van der Waals surface area contributed by atoms with Gasteiger partial charge in [0.1, 0.15) is 6.10 Å². The molecular weight excluding hydrogens is 348 g/mol. The number of likely N-dealkylation sites (tertiary alicyclic amines) is 1. The van der Waals surface area contributed by atoms with Gasteiger partial charge in [-0.3, -0.25) is 9.89 Å². The van der Waals surface area contributed by atoms with E-state index in [1.54, 1.807) is 7.11 Å². The molecule has 1 aliphatic heterocycles. The molecule has 26 heavy (non-hydrogen) atoms. The fraction of sp³-hybridized carbons (Fsp3) is 0.550. The molecule has 0 spiro atoms. The zero-order valence-electron chi connectivity index (χ0n) is 15.9. The van der Waals surface area contributed by atoms with E-state index < -0.39 is 0 Å². The van der Waals surface area contributed by atoms with Crippen molar-refractivity contribution in [3.8, 4) is 0 Å². The Morgan fingerprint density at radius 3 is 2.85 bits per heavy atom. The summed E-state index contributed by atoms with van der Waals surface area (Å²) >= 11 is 6.10. The smallest absolute Gasteiger partial charge is 0.191 e. The van der Waals surface area contributed by atoms with Gasteiger partial charge >= 0.3 is 0 Å². The predicted octanol–water partition coefficient (Wildman–Crippen LogP) is 3.23. The second-order valence-electron chi connectivity index (χ2n) is 6.51. The van der Waals surface area contributed by atoms with Crippen LogP contribution in [0.2, 0.25) is 5.02 Å². The number of hydrogen-bond donors (Lipinski definition) is 2. The minimum atomic E-state index is -0.112. The van der Waals surface area contributed by atoms with Crippen LogP contribution in [0.1, 0.15) is 31.4 Å². The van der Waals surface area contributed by atoms with Crippen LogP contribution in [0.5, 0.6) is 0 Å². The first-order valence-corrected chi connectivity index (χ1v) is 9.70. The van der Waals surface area contributed by atoms with Crippen LogP contribution in [0.15, 0.2) is 41.9 Å². The lowest BCUT2D eigenvalue weighted by Gasteiger charge is -2.32. The Bertz CT molecular complexity index is 585. The predicted molar refractivity (Wildman–Crippen MR) is 110 cm³/mol. The third kappa shape index (κ3) is 6.63. The standard InChI is InChI=1S/C20H31ClN4O/c1-4-11-25-12-9-18(10-13-25)24-20(22-5-2)23-15-19(26-3)16-7-6-8-17(21)14-16/h4,6-8,14,18-19H,1,5,9-13,15H2,2-3H3,(H2,22,23,24). The number of rotatable bonds is 8. The molecule has 6 heteroatoms. The van der Waals surface area contributed by atoms with E-state index >= 15 is 0 Å². The maximum absolute atomic E-state index is 6.10. The van der Waals surface area contributed by atoms with Crippen LogP contribution in [0.4, 0.5) is 0 Å². The minimum Gasteiger partial charge on any atom is -0.375 e. The number of aliphatic imine (C=N–C) groups is 1. The Morgan fingerprint density at radius 2 is 2.23 bits per heavy atom. The number of piperidine rings is 1. The van der Waals surface area contributed by atoms with Crippen molar-refractivity contribution < 1.29 is 4.74 Å². The number of nitrogens with one attached hydrogen (secondary N) is 2. The molecule has 1 aromatic rings. The van der Waals surface area contributed by atoms with Gasteiger partial charge in [-0.05, 0) is 37.5 Å². The van der Waals surface area contributed by atoms with Crippen LogP contribution in [-0.4, -0.2) is 56.7 Å². The van der Waals surface area contributed by atoms with E-state index in [1.165, 1.54) is 0 Å². The number of nitrogens with zero attached hydrogens (tertiary/aromatic N) is 2. The largest absolute Gasteiger partial charge is 0.375 e. The van der Waals surface area contributed by atoms with Crippen molar-refractivity contribution in [2.45, 2.75) is 31.9 Å². The first-order valence-electron chi connectivity index (χ1n) is 9.32. The second kappa shape index (κ2) is 11.2. The molecule has 0 bridgehead atoms. The summed E-state index contributed by atoms with van der Waals surface area (Å²) in [5.41, 5.74) is 1.04. The summed E-state index contributed by atoms with van der Waals surface area (Å²) in [5, 5.41) is 7.62. The lowest BCUT2D eigenvalue weighted by molar-refractivity contribution is 0.111. The molecule has 1 saturated heterocycles. The van der Waals surface area contributed by atoms with Crippen LogP contribution in [0, 0.1) is 0 Å². The Morgan fingerprint density at radius 1 is 1.46 bits per heavy atom. The van der Waals surface area contributed by atoms with E-state index in [1.807, 2.05) is 30.3 Å². The van der Waals surface area contributed by atoms with Crippen molar-refractivity contribution in [3.05, 3.63) is 47.5 Å². The van der Waals surface area contributed by atoms with Gasteiger partial charge in [0.25, 0.3) is 0 Å². The molecule has 1 atom stereocenters. The quantitative estimate of drug-likeness (QED) is 0.414. The summed E-state index contributed by atoms with van der Waals surface area (Å²) < 4.78 is 5.61. The molecule has 1 unspecified atom stereocenters. The van der Waals surface area contributed by atoms with Crippen LogP contribution < -0.4 is 10.6 Å². The second-order valence-corrected chi connectivity index (χ2v) is 6.94. The van der Waals surface area contributed by atoms with E-state index in [0.29, 0.717) is 17.6 Å². The van der Waals surface area contributed by atoms with E-state index in [-0.39, 0.29) is 6.10 Å². The molecular formula is C20H31ClN4O. The van der Waals surface area contributed by atoms with Crippen LogP contribution in [0.25, 0.3) is 0 Å². The van der Waals surface area contributed by atoms with Crippen molar-refractivity contribution >= 4 is 17.6 Å². The highest BCUT2D eigenvalue weighted by Gasteiger charge is 2.19. The molecule has 0 aliphatic carbocycles. The Labute approximate surface area is 162 Å². The highest BCUT2D eigenvalue weighted by atomic mass is 35.5. The lowest BCUT2D eigenvalue weighted by atomic mass is 10.1. The number of halogens is 1. The van der Waals surface area contributed by atoms with Gasteiger partial charge in [-0.1, -0.05) is 29.8 Å². The summed E-state index contributed by atoms with van der Waals surface area (Å²) in [6.07, 6.45) is 4.08. The lowest BCUT2D eigenvalue weighted by Crippen LogP contribution is -2.48. The monoisotopic (exact) mass is 378 g/mol. The average molecular weight is 379 g/mol. The third-order valence-electron chi connectivity index (χ3n) is 4.58. The highest BCUT2D eigenvalue weighted by molar-refractivity contribution is 6.30. The normalized spacial score (nSPS) is 17.7. The number of hydrogen-bond acceptors (Lipinski definition) is 3. The topological polar surface area (TPSA) is 48.9 Å². The van der Waals surface area contributed by atoms with Gasteiger partial charge < -0.3 is 15.4 Å². The number of guanidine groups is 1. The molecule has 2 rings (SSSR count). The zero-order chi connectivity index (χ0) is 18.8. The van der Waals surface area contributed by atoms with Gasteiger partial charge in [0, 0.05) is 44.4 Å². The molecule has 1 aliphatic rings. The number of methoxy groups -OCH3 is 1. The first kappa shape index (κ1) is 20.7. The van der Waals surface area contributed by atoms with Gasteiger partial charge in [-0.25, -0.2) is 0 Å². The van der Waals surface area contributed by atoms with Gasteiger partial charge in [0.05, 0.1) is 6.54 Å². The number of ether oxygens (including phenoxy) is 1. The molecule has 0 saturated carbocycles. The highest BCUT2D eigenvalue weighted by Crippen LogP contribution is 2.20. The Hall–Kier alpha value is -1.56. The van der Waals surface area contributed by atoms with E-state index in [4.69, 9.17) is 21.3 Å². The van der Waals surface area contributed by atoms with Crippen molar-refractivity contribution in [1.82, 2.24) is 15.5 Å². The summed E-state index contributed by atoms with van der Waals surface area (Å²) in [6, 6.07) is 8.20. The molecule has 1 heterocycles. The molecule has 2 N–H and O–H groups in total. The molecule has 0 aromatic heterocycles. The van der Waals surface area contributed by atoms with Crippen molar-refractivity contribution in [3.63, 3.8) is 0 Å². The molecule has 5 nitrogen and oxygen atoms in total. The van der Waals surface area contributed by atoms with Crippen molar-refractivity contribution in [2.75, 3.05) is 39.8 Å². The van der Waals surface area contributed by atoms with Gasteiger partial charge in [-0.2, -0.15) is 0 Å². The molecule has 144 valence electrons. The minimum absolute atomic E-state index is 0.112. The molecule has 1 aromatic carbocycles. The zero-order valence-corrected chi connectivity index (χ0v) is 16.6. The average Bonchev–Trinajstić information content (AvgIpc) is 2.64. The number of benzene rings is 1. The van der Waals surface area contributed by atoms with Gasteiger partial charge in [-0.15, -0.1) is 6.58 Å². The summed E-state index contributed by atoms with van der Waals surface area (Å²) in [7, 11) is 1.71. The maximum Gasteiger partial charge on any atom is 0.191 e. The van der Waals surface area contributed by atoms with Crippen molar-refractivity contribution in [2.24, 2.45) is 4.99 Å². The molecule has 0 amide bonds. The van der Waals surface area contributed by atoms with E-state index in [9.17, 15) is 0 Å². The van der Waals surface area contributed by atoms with E-state index in [0.717, 1.165) is 50.5 Å². The summed E-state index contributed by atoms with van der Waals surface area (Å²) in [6.45, 7) is 10.4. The van der Waals surface area contributed by atoms with Gasteiger partial charge in [0.2, 0.25) is 0 Å². The van der Waals surface area contributed by atoms with Crippen LogP contribution in [0.3, 0.4) is 0 Å². The first-order chi connectivity index (χ1) is 12.7. The van der Waals surface area contributed by atoms with Crippen LogP contribution in [-0.2, 0) is 4.74 Å². The van der Waals surface area contributed by atoms with Crippen molar-refractivity contribution in [1.29, 1.82) is 0 Å². The molecule has 0 radical (unpaired) electrons. The summed E-state index contributed by atoms with van der Waals surface area (Å²) in [5.74, 6) is 0.846.